The first kappa shape index (κ1) is 22.0. The van der Waals surface area contributed by atoms with Crippen LogP contribution in [0.25, 0.3) is 0 Å². The van der Waals surface area contributed by atoms with Gasteiger partial charge in [-0.2, -0.15) is 0 Å². The molecule has 1 aliphatic rings. The third-order valence-corrected chi connectivity index (χ3v) is 5.58. The van der Waals surface area contributed by atoms with Crippen molar-refractivity contribution in [2.24, 2.45) is 11.1 Å². The van der Waals surface area contributed by atoms with Crippen LogP contribution in [-0.4, -0.2) is 22.9 Å². The number of hydrogen-bond donors (Lipinski definition) is 2. The molecular formula is C25H33N3O2. The Morgan fingerprint density at radius 2 is 1.67 bits per heavy atom. The second-order valence-corrected chi connectivity index (χ2v) is 9.59. The first-order chi connectivity index (χ1) is 14.1. The molecule has 1 fully saturated rings. The lowest BCUT2D eigenvalue weighted by Crippen LogP contribution is -2.53. The molecule has 1 heterocycles. The van der Waals surface area contributed by atoms with Gasteiger partial charge in [-0.25, -0.2) is 5.01 Å². The first-order valence-corrected chi connectivity index (χ1v) is 10.6. The lowest BCUT2D eigenvalue weighted by atomic mass is 9.86. The van der Waals surface area contributed by atoms with E-state index in [1.54, 1.807) is 0 Å². The molecule has 0 bridgehead atoms. The monoisotopic (exact) mass is 407 g/mol. The topological polar surface area (TPSA) is 75.4 Å². The highest BCUT2D eigenvalue weighted by Crippen LogP contribution is 2.38. The third kappa shape index (κ3) is 5.48. The molecule has 30 heavy (non-hydrogen) atoms. The quantitative estimate of drug-likeness (QED) is 0.796. The van der Waals surface area contributed by atoms with Gasteiger partial charge in [0.15, 0.2) is 0 Å². The van der Waals surface area contributed by atoms with E-state index in [4.69, 9.17) is 5.73 Å². The van der Waals surface area contributed by atoms with Gasteiger partial charge in [0, 0.05) is 6.42 Å². The van der Waals surface area contributed by atoms with Crippen LogP contribution in [0.3, 0.4) is 0 Å². The van der Waals surface area contributed by atoms with E-state index in [1.165, 1.54) is 10.6 Å². The van der Waals surface area contributed by atoms with Gasteiger partial charge < -0.3 is 5.73 Å². The molecule has 2 aromatic rings. The molecule has 3 atom stereocenters. The van der Waals surface area contributed by atoms with Crippen molar-refractivity contribution in [3.63, 3.8) is 0 Å². The van der Waals surface area contributed by atoms with E-state index in [0.29, 0.717) is 19.3 Å². The van der Waals surface area contributed by atoms with E-state index in [0.717, 1.165) is 11.1 Å². The van der Waals surface area contributed by atoms with Crippen LogP contribution in [0.4, 0.5) is 0 Å². The summed E-state index contributed by atoms with van der Waals surface area (Å²) in [5.41, 5.74) is 12.4. The fraction of sp³-hybridized carbons (Fsp3) is 0.440. The van der Waals surface area contributed by atoms with Crippen molar-refractivity contribution in [3.8, 4) is 0 Å². The standard InChI is InChI=1S/C25H33N3O2/c1-17-10-12-19(13-11-17)22-15-20(18-8-6-5-7-9-18)14-21(26)24(30)28(22)27-23(29)16-25(2,3)4/h5-13,20-22H,14-16,26H2,1-4H3,(H,27,29). The lowest BCUT2D eigenvalue weighted by Gasteiger charge is -2.33. The number of nitrogens with two attached hydrogens (primary N) is 1. The Bertz CT molecular complexity index is 872. The zero-order chi connectivity index (χ0) is 21.9. The van der Waals surface area contributed by atoms with Gasteiger partial charge in [0.1, 0.15) is 0 Å². The van der Waals surface area contributed by atoms with Crippen molar-refractivity contribution in [1.29, 1.82) is 0 Å². The molecule has 2 amide bonds. The molecule has 3 rings (SSSR count). The number of hydrazine groups is 1. The molecule has 1 aliphatic heterocycles. The van der Waals surface area contributed by atoms with Crippen molar-refractivity contribution in [2.75, 3.05) is 0 Å². The van der Waals surface area contributed by atoms with Crippen molar-refractivity contribution in [2.45, 2.75) is 65.0 Å². The summed E-state index contributed by atoms with van der Waals surface area (Å²) >= 11 is 0. The largest absolute Gasteiger partial charge is 0.320 e. The molecule has 0 saturated carbocycles. The van der Waals surface area contributed by atoms with Gasteiger partial charge in [-0.15, -0.1) is 0 Å². The average Bonchev–Trinajstić information content (AvgIpc) is 2.80. The number of carbonyl (C=O) groups is 2. The first-order valence-electron chi connectivity index (χ1n) is 10.6. The number of aryl methyl sites for hydroxylation is 1. The van der Waals surface area contributed by atoms with Crippen LogP contribution >= 0.6 is 0 Å². The minimum absolute atomic E-state index is 0.126. The lowest BCUT2D eigenvalue weighted by molar-refractivity contribution is -0.145. The Balaban J connectivity index is 1.97. The van der Waals surface area contributed by atoms with Gasteiger partial charge in [-0.1, -0.05) is 80.9 Å². The number of rotatable bonds is 4. The number of carbonyl (C=O) groups excluding carboxylic acids is 2. The fourth-order valence-electron chi connectivity index (χ4n) is 4.07. The second-order valence-electron chi connectivity index (χ2n) is 9.59. The maximum atomic E-state index is 13.3. The maximum absolute atomic E-state index is 13.3. The number of hydrogen-bond acceptors (Lipinski definition) is 3. The van der Waals surface area contributed by atoms with E-state index in [9.17, 15) is 9.59 Å². The zero-order valence-corrected chi connectivity index (χ0v) is 18.4. The Morgan fingerprint density at radius 1 is 1.03 bits per heavy atom. The Kier molecular flexibility index (Phi) is 6.61. The van der Waals surface area contributed by atoms with E-state index >= 15 is 0 Å². The van der Waals surface area contributed by atoms with Gasteiger partial charge in [0.05, 0.1) is 12.1 Å². The Morgan fingerprint density at radius 3 is 2.27 bits per heavy atom. The highest BCUT2D eigenvalue weighted by atomic mass is 16.2. The second kappa shape index (κ2) is 9.00. The molecule has 5 heteroatoms. The minimum Gasteiger partial charge on any atom is -0.320 e. The third-order valence-electron chi connectivity index (χ3n) is 5.58. The minimum atomic E-state index is -0.666. The van der Waals surface area contributed by atoms with Crippen LogP contribution in [0.5, 0.6) is 0 Å². The molecule has 0 aromatic heterocycles. The van der Waals surface area contributed by atoms with Crippen molar-refractivity contribution in [3.05, 3.63) is 71.3 Å². The zero-order valence-electron chi connectivity index (χ0n) is 18.4. The molecule has 5 nitrogen and oxygen atoms in total. The summed E-state index contributed by atoms with van der Waals surface area (Å²) in [6.45, 7) is 8.05. The van der Waals surface area contributed by atoms with Crippen molar-refractivity contribution >= 4 is 11.8 Å². The van der Waals surface area contributed by atoms with E-state index < -0.39 is 6.04 Å². The maximum Gasteiger partial charge on any atom is 0.258 e. The SMILES string of the molecule is Cc1ccc(C2CC(c3ccccc3)CC(N)C(=O)N2NC(=O)CC(C)(C)C)cc1. The predicted molar refractivity (Wildman–Crippen MR) is 119 cm³/mol. The number of amides is 2. The van der Waals surface area contributed by atoms with E-state index in [2.05, 4.69) is 17.6 Å². The molecule has 0 radical (unpaired) electrons. The summed E-state index contributed by atoms with van der Waals surface area (Å²) in [4.78, 5) is 26.0. The molecule has 0 spiro atoms. The van der Waals surface area contributed by atoms with Crippen LogP contribution in [0.2, 0.25) is 0 Å². The molecule has 160 valence electrons. The molecule has 0 aliphatic carbocycles. The fourth-order valence-corrected chi connectivity index (χ4v) is 4.07. The molecular weight excluding hydrogens is 374 g/mol. The van der Waals surface area contributed by atoms with Crippen LogP contribution in [0.15, 0.2) is 54.6 Å². The van der Waals surface area contributed by atoms with Crippen LogP contribution in [0.1, 0.15) is 68.7 Å². The van der Waals surface area contributed by atoms with Crippen LogP contribution < -0.4 is 11.2 Å². The summed E-state index contributed by atoms with van der Waals surface area (Å²) in [5.74, 6) is -0.277. The van der Waals surface area contributed by atoms with Gasteiger partial charge in [0.2, 0.25) is 5.91 Å². The summed E-state index contributed by atoms with van der Waals surface area (Å²) in [7, 11) is 0. The van der Waals surface area contributed by atoms with Crippen LogP contribution in [-0.2, 0) is 9.59 Å². The normalized spacial score (nSPS) is 22.5. The summed E-state index contributed by atoms with van der Waals surface area (Å²) in [6.07, 6.45) is 1.58. The summed E-state index contributed by atoms with van der Waals surface area (Å²) in [6, 6.07) is 17.4. The predicted octanol–water partition coefficient (Wildman–Crippen LogP) is 4.24. The number of nitrogens with zero attached hydrogens (tertiary/aromatic N) is 1. The van der Waals surface area contributed by atoms with Gasteiger partial charge in [0.25, 0.3) is 5.91 Å². The van der Waals surface area contributed by atoms with E-state index in [1.807, 2.05) is 70.2 Å². The summed E-state index contributed by atoms with van der Waals surface area (Å²) in [5, 5.41) is 1.49. The molecule has 1 saturated heterocycles. The molecule has 3 unspecified atom stereocenters. The number of nitrogens with one attached hydrogen (secondary N) is 1. The van der Waals surface area contributed by atoms with Gasteiger partial charge in [-0.05, 0) is 42.2 Å². The van der Waals surface area contributed by atoms with Crippen molar-refractivity contribution < 1.29 is 9.59 Å². The highest BCUT2D eigenvalue weighted by Gasteiger charge is 2.38. The molecule has 3 N–H and O–H groups in total. The average molecular weight is 408 g/mol. The number of benzene rings is 2. The van der Waals surface area contributed by atoms with E-state index in [-0.39, 0.29) is 29.2 Å². The van der Waals surface area contributed by atoms with Crippen molar-refractivity contribution in [1.82, 2.24) is 10.4 Å². The molecule has 2 aromatic carbocycles. The highest BCUT2D eigenvalue weighted by molar-refractivity contribution is 5.86. The van der Waals surface area contributed by atoms with Crippen LogP contribution in [0, 0.1) is 12.3 Å². The van der Waals surface area contributed by atoms with Gasteiger partial charge in [-0.3, -0.25) is 15.0 Å². The Hall–Kier alpha value is -2.66. The van der Waals surface area contributed by atoms with Gasteiger partial charge >= 0.3 is 0 Å². The summed E-state index contributed by atoms with van der Waals surface area (Å²) < 4.78 is 0. The Labute approximate surface area is 179 Å². The smallest absolute Gasteiger partial charge is 0.258 e.